The fraction of sp³-hybridized carbons (Fsp3) is 0.364. The molecule has 0 unspecified atom stereocenters. The molecule has 18 heavy (non-hydrogen) atoms. The highest BCUT2D eigenvalue weighted by Crippen LogP contribution is 2.10. The quantitative estimate of drug-likeness (QED) is 0.816. The van der Waals surface area contributed by atoms with E-state index in [1.807, 2.05) is 19.0 Å². The molecule has 1 aromatic carbocycles. The van der Waals surface area contributed by atoms with E-state index in [0.717, 1.165) is 6.54 Å². The summed E-state index contributed by atoms with van der Waals surface area (Å²) in [5, 5.41) is 8.31. The van der Waals surface area contributed by atoms with Crippen LogP contribution in [0.5, 0.6) is 0 Å². The minimum absolute atomic E-state index is 0.251. The van der Waals surface area contributed by atoms with E-state index in [1.54, 1.807) is 24.3 Å². The van der Waals surface area contributed by atoms with E-state index in [0.29, 0.717) is 17.3 Å². The van der Waals surface area contributed by atoms with E-state index in [2.05, 4.69) is 10.4 Å². The predicted octanol–water partition coefficient (Wildman–Crippen LogP) is 0.644. The first-order valence-corrected chi connectivity index (χ1v) is 5.89. The Morgan fingerprint density at radius 2 is 1.89 bits per heavy atom. The van der Waals surface area contributed by atoms with Crippen LogP contribution in [0.4, 0.5) is 0 Å². The Morgan fingerprint density at radius 3 is 2.50 bits per heavy atom. The van der Waals surface area contributed by atoms with Crippen LogP contribution >= 0.6 is 11.6 Å². The maximum atomic E-state index is 12.0. The Kier molecular flexibility index (Phi) is 3.78. The molecule has 2 rings (SSSR count). The molecule has 0 saturated carbocycles. The highest BCUT2D eigenvalue weighted by molar-refractivity contribution is 6.30. The van der Waals surface area contributed by atoms with Gasteiger partial charge in [0, 0.05) is 11.6 Å². The third-order valence-corrected chi connectivity index (χ3v) is 2.72. The second-order valence-corrected chi connectivity index (χ2v) is 4.61. The maximum Gasteiger partial charge on any atom is 0.368 e. The van der Waals surface area contributed by atoms with Crippen molar-refractivity contribution in [1.82, 2.24) is 24.7 Å². The first-order chi connectivity index (χ1) is 8.58. The van der Waals surface area contributed by atoms with Gasteiger partial charge >= 0.3 is 5.69 Å². The standard InChI is InChI=1S/C11H14ClN5O/c1-15(2)7-8-16-11(18)17(14-13-16)10-5-3-9(12)4-6-10/h3-6H,7-8H2,1-2H3. The number of nitrogens with zero attached hydrogens (tertiary/aromatic N) is 5. The Labute approximate surface area is 109 Å². The SMILES string of the molecule is CN(C)CCn1nnn(-c2ccc(Cl)cc2)c1=O. The topological polar surface area (TPSA) is 56.0 Å². The first kappa shape index (κ1) is 12.8. The fourth-order valence-corrected chi connectivity index (χ4v) is 1.58. The van der Waals surface area contributed by atoms with Gasteiger partial charge in [0.05, 0.1) is 12.2 Å². The van der Waals surface area contributed by atoms with Crippen LogP contribution in [0.25, 0.3) is 5.69 Å². The van der Waals surface area contributed by atoms with Gasteiger partial charge in [-0.2, -0.15) is 9.36 Å². The van der Waals surface area contributed by atoms with Crippen LogP contribution in [-0.4, -0.2) is 45.3 Å². The molecule has 0 aliphatic carbocycles. The van der Waals surface area contributed by atoms with Crippen molar-refractivity contribution in [2.45, 2.75) is 6.54 Å². The average Bonchev–Trinajstić information content (AvgIpc) is 2.69. The molecular formula is C11H14ClN5O. The second-order valence-electron chi connectivity index (χ2n) is 4.18. The number of likely N-dealkylation sites (N-methyl/N-ethyl adjacent to an activating group) is 1. The molecule has 0 aliphatic heterocycles. The highest BCUT2D eigenvalue weighted by atomic mass is 35.5. The van der Waals surface area contributed by atoms with Gasteiger partial charge in [0.1, 0.15) is 0 Å². The zero-order valence-corrected chi connectivity index (χ0v) is 11.0. The van der Waals surface area contributed by atoms with E-state index in [4.69, 9.17) is 11.6 Å². The summed E-state index contributed by atoms with van der Waals surface area (Å²) in [6, 6.07) is 6.88. The minimum atomic E-state index is -0.251. The summed E-state index contributed by atoms with van der Waals surface area (Å²) in [7, 11) is 3.88. The summed E-state index contributed by atoms with van der Waals surface area (Å²) in [4.78, 5) is 14.0. The molecule has 0 atom stereocenters. The summed E-state index contributed by atoms with van der Waals surface area (Å²) < 4.78 is 2.60. The van der Waals surface area contributed by atoms with Gasteiger partial charge in [-0.15, -0.1) is 0 Å². The Bertz CT molecular complexity index is 572. The Morgan fingerprint density at radius 1 is 1.22 bits per heavy atom. The van der Waals surface area contributed by atoms with Crippen LogP contribution in [0.2, 0.25) is 5.02 Å². The van der Waals surface area contributed by atoms with E-state index in [9.17, 15) is 4.79 Å². The van der Waals surface area contributed by atoms with Crippen LogP contribution in [0.3, 0.4) is 0 Å². The molecule has 0 saturated heterocycles. The molecule has 0 amide bonds. The van der Waals surface area contributed by atoms with Crippen LogP contribution < -0.4 is 5.69 Å². The van der Waals surface area contributed by atoms with Crippen LogP contribution in [-0.2, 0) is 6.54 Å². The van der Waals surface area contributed by atoms with Crippen molar-refractivity contribution in [2.24, 2.45) is 0 Å². The number of rotatable bonds is 4. The molecule has 0 radical (unpaired) electrons. The fourth-order valence-electron chi connectivity index (χ4n) is 1.45. The Hall–Kier alpha value is -1.66. The lowest BCUT2D eigenvalue weighted by molar-refractivity contribution is 0.367. The van der Waals surface area contributed by atoms with E-state index in [1.165, 1.54) is 9.36 Å². The van der Waals surface area contributed by atoms with E-state index < -0.39 is 0 Å². The van der Waals surface area contributed by atoms with Gasteiger partial charge in [0.25, 0.3) is 0 Å². The molecule has 1 heterocycles. The number of aromatic nitrogens is 4. The Balaban J connectivity index is 2.25. The molecular weight excluding hydrogens is 254 g/mol. The lowest BCUT2D eigenvalue weighted by atomic mass is 10.3. The summed E-state index contributed by atoms with van der Waals surface area (Å²) in [6.07, 6.45) is 0. The summed E-state index contributed by atoms with van der Waals surface area (Å²) in [5.74, 6) is 0. The molecule has 0 aliphatic rings. The number of hydrogen-bond donors (Lipinski definition) is 0. The lowest BCUT2D eigenvalue weighted by Crippen LogP contribution is -2.28. The average molecular weight is 268 g/mol. The molecule has 7 heteroatoms. The van der Waals surface area contributed by atoms with Crippen LogP contribution in [0.15, 0.2) is 29.1 Å². The summed E-state index contributed by atoms with van der Waals surface area (Å²) in [5.41, 5.74) is 0.402. The smallest absolute Gasteiger partial charge is 0.308 e. The third-order valence-electron chi connectivity index (χ3n) is 2.47. The molecule has 96 valence electrons. The molecule has 1 aromatic heterocycles. The largest absolute Gasteiger partial charge is 0.368 e. The van der Waals surface area contributed by atoms with Gasteiger partial charge in [-0.05, 0) is 48.8 Å². The summed E-state index contributed by atoms with van der Waals surface area (Å²) in [6.45, 7) is 1.25. The molecule has 6 nitrogen and oxygen atoms in total. The minimum Gasteiger partial charge on any atom is -0.308 e. The van der Waals surface area contributed by atoms with Gasteiger partial charge in [0.2, 0.25) is 0 Å². The monoisotopic (exact) mass is 267 g/mol. The van der Waals surface area contributed by atoms with Crippen LogP contribution in [0.1, 0.15) is 0 Å². The van der Waals surface area contributed by atoms with E-state index in [-0.39, 0.29) is 5.69 Å². The normalized spacial score (nSPS) is 11.1. The van der Waals surface area contributed by atoms with Gasteiger partial charge < -0.3 is 4.90 Å². The van der Waals surface area contributed by atoms with E-state index >= 15 is 0 Å². The van der Waals surface area contributed by atoms with Gasteiger partial charge in [-0.25, -0.2) is 4.79 Å². The van der Waals surface area contributed by atoms with Crippen molar-refractivity contribution in [3.05, 3.63) is 39.8 Å². The zero-order valence-electron chi connectivity index (χ0n) is 10.2. The maximum absolute atomic E-state index is 12.0. The van der Waals surface area contributed by atoms with Crippen molar-refractivity contribution in [1.29, 1.82) is 0 Å². The highest BCUT2D eigenvalue weighted by Gasteiger charge is 2.08. The molecule has 0 spiro atoms. The summed E-state index contributed by atoms with van der Waals surface area (Å²) >= 11 is 5.79. The van der Waals surface area contributed by atoms with Crippen molar-refractivity contribution < 1.29 is 0 Å². The zero-order chi connectivity index (χ0) is 13.1. The first-order valence-electron chi connectivity index (χ1n) is 5.51. The molecule has 0 bridgehead atoms. The van der Waals surface area contributed by atoms with Crippen molar-refractivity contribution in [2.75, 3.05) is 20.6 Å². The van der Waals surface area contributed by atoms with Crippen molar-refractivity contribution in [3.63, 3.8) is 0 Å². The number of tetrazole rings is 1. The van der Waals surface area contributed by atoms with Gasteiger partial charge in [-0.3, -0.25) is 0 Å². The van der Waals surface area contributed by atoms with Gasteiger partial charge in [0.15, 0.2) is 0 Å². The molecule has 2 aromatic rings. The number of hydrogen-bond acceptors (Lipinski definition) is 4. The van der Waals surface area contributed by atoms with Crippen molar-refractivity contribution >= 4 is 11.6 Å². The van der Waals surface area contributed by atoms with Crippen LogP contribution in [0, 0.1) is 0 Å². The second kappa shape index (κ2) is 5.32. The van der Waals surface area contributed by atoms with Crippen molar-refractivity contribution in [3.8, 4) is 5.69 Å². The number of halogens is 1. The molecule has 0 fully saturated rings. The third kappa shape index (κ3) is 2.77. The molecule has 0 N–H and O–H groups in total. The predicted molar refractivity (Wildman–Crippen MR) is 69.2 cm³/mol. The number of benzene rings is 1. The lowest BCUT2D eigenvalue weighted by Gasteiger charge is -2.07. The van der Waals surface area contributed by atoms with Gasteiger partial charge in [-0.1, -0.05) is 11.6 Å².